The fourth-order valence-electron chi connectivity index (χ4n) is 4.45. The molecule has 0 N–H and O–H groups in total. The molecule has 0 radical (unpaired) electrons. The summed E-state index contributed by atoms with van der Waals surface area (Å²) in [6.07, 6.45) is 12.7. The summed E-state index contributed by atoms with van der Waals surface area (Å²) in [5.41, 5.74) is 2.13. The summed E-state index contributed by atoms with van der Waals surface area (Å²) in [4.78, 5) is 25.0. The molecule has 0 aliphatic carbocycles. The lowest BCUT2D eigenvalue weighted by Crippen LogP contribution is -2.15. The van der Waals surface area contributed by atoms with E-state index < -0.39 is 5.97 Å². The van der Waals surface area contributed by atoms with Crippen molar-refractivity contribution < 1.29 is 23.8 Å². The molecule has 3 aromatic rings. The maximum atomic E-state index is 12.6. The van der Waals surface area contributed by atoms with Crippen LogP contribution in [0, 0.1) is 0 Å². The Kier molecular flexibility index (Phi) is 15.0. The second-order valence-electron chi connectivity index (χ2n) is 10.8. The molecule has 0 aliphatic rings. The van der Waals surface area contributed by atoms with Gasteiger partial charge in [0.05, 0.1) is 35.2 Å². The Balaban J connectivity index is 1.42. The van der Waals surface area contributed by atoms with Gasteiger partial charge in [0.25, 0.3) is 0 Å². The Hall–Kier alpha value is -4.00. The highest BCUT2D eigenvalue weighted by molar-refractivity contribution is 5.92. The number of hydrogen-bond acceptors (Lipinski definition) is 7. The van der Waals surface area contributed by atoms with E-state index in [0.29, 0.717) is 28.3 Å². The van der Waals surface area contributed by atoms with E-state index in [4.69, 9.17) is 14.2 Å². The lowest BCUT2D eigenvalue weighted by atomic mass is 10.1. The number of carbonyl (C=O) groups is 2. The maximum absolute atomic E-state index is 12.6. The van der Waals surface area contributed by atoms with Gasteiger partial charge in [0.2, 0.25) is 0 Å². The summed E-state index contributed by atoms with van der Waals surface area (Å²) in [7, 11) is 0. The lowest BCUT2D eigenvalue weighted by Gasteiger charge is -2.13. The van der Waals surface area contributed by atoms with Crippen LogP contribution < -0.4 is 9.47 Å². The molecule has 230 valence electrons. The predicted octanol–water partition coefficient (Wildman–Crippen LogP) is 10.6. The second kappa shape index (κ2) is 19.2. The number of rotatable bonds is 19. The van der Waals surface area contributed by atoms with Crippen LogP contribution in [0.5, 0.6) is 11.5 Å². The molecule has 0 unspecified atom stereocenters. The molecule has 0 amide bonds. The van der Waals surface area contributed by atoms with Gasteiger partial charge in [-0.05, 0) is 99.0 Å². The maximum Gasteiger partial charge on any atom is 0.343 e. The lowest BCUT2D eigenvalue weighted by molar-refractivity contribution is 0.0319. The van der Waals surface area contributed by atoms with Gasteiger partial charge in [-0.15, -0.1) is 0 Å². The fourth-order valence-corrected chi connectivity index (χ4v) is 4.45. The van der Waals surface area contributed by atoms with Crippen molar-refractivity contribution in [3.8, 4) is 11.5 Å². The standard InChI is InChI=1S/C36H46N2O5/c1-4-6-8-10-11-13-27-41-33-25-21-32(22-26-33)38-37-31-19-15-29(16-20-31)36(40)43-34-23-17-30(18-24-34)35(39)42-28(3)14-12-9-7-5-2/h15-26,28H,4-14,27H2,1-3H3/t28-/m1/s1. The molecular weight excluding hydrogens is 540 g/mol. The van der Waals surface area contributed by atoms with E-state index in [1.807, 2.05) is 31.2 Å². The van der Waals surface area contributed by atoms with Crippen molar-refractivity contribution in [3.63, 3.8) is 0 Å². The Morgan fingerprint density at radius 2 is 1.09 bits per heavy atom. The van der Waals surface area contributed by atoms with Gasteiger partial charge in [-0.1, -0.05) is 65.2 Å². The summed E-state index contributed by atoms with van der Waals surface area (Å²) in [6, 6.07) is 20.6. The van der Waals surface area contributed by atoms with Crippen molar-refractivity contribution in [3.05, 3.63) is 83.9 Å². The third kappa shape index (κ3) is 12.8. The summed E-state index contributed by atoms with van der Waals surface area (Å²) < 4.78 is 16.8. The minimum Gasteiger partial charge on any atom is -0.494 e. The van der Waals surface area contributed by atoms with Crippen LogP contribution in [0.2, 0.25) is 0 Å². The number of benzene rings is 3. The molecule has 0 aromatic heterocycles. The molecule has 7 heteroatoms. The molecule has 0 saturated carbocycles. The van der Waals surface area contributed by atoms with Crippen molar-refractivity contribution in [2.45, 2.75) is 97.5 Å². The van der Waals surface area contributed by atoms with Gasteiger partial charge in [0.1, 0.15) is 11.5 Å². The first-order chi connectivity index (χ1) is 21.0. The Morgan fingerprint density at radius 1 is 0.605 bits per heavy atom. The Labute approximate surface area is 256 Å². The third-order valence-corrected chi connectivity index (χ3v) is 7.06. The first-order valence-corrected chi connectivity index (χ1v) is 15.8. The number of nitrogens with zero attached hydrogens (tertiary/aromatic N) is 2. The molecule has 0 spiro atoms. The van der Waals surface area contributed by atoms with Crippen LogP contribution >= 0.6 is 0 Å². The van der Waals surface area contributed by atoms with Gasteiger partial charge < -0.3 is 14.2 Å². The first kappa shape index (κ1) is 33.5. The molecule has 7 nitrogen and oxygen atoms in total. The van der Waals surface area contributed by atoms with E-state index in [9.17, 15) is 9.59 Å². The highest BCUT2D eigenvalue weighted by Gasteiger charge is 2.13. The van der Waals surface area contributed by atoms with E-state index >= 15 is 0 Å². The zero-order chi connectivity index (χ0) is 30.7. The zero-order valence-electron chi connectivity index (χ0n) is 25.9. The van der Waals surface area contributed by atoms with E-state index in [1.54, 1.807) is 48.5 Å². The molecule has 0 bridgehead atoms. The highest BCUT2D eigenvalue weighted by atomic mass is 16.5. The van der Waals surface area contributed by atoms with Gasteiger partial charge in [-0.3, -0.25) is 0 Å². The van der Waals surface area contributed by atoms with Crippen LogP contribution in [0.1, 0.15) is 112 Å². The molecular formula is C36H46N2O5. The molecule has 43 heavy (non-hydrogen) atoms. The fraction of sp³-hybridized carbons (Fsp3) is 0.444. The van der Waals surface area contributed by atoms with E-state index in [-0.39, 0.29) is 12.1 Å². The van der Waals surface area contributed by atoms with E-state index in [2.05, 4.69) is 24.1 Å². The van der Waals surface area contributed by atoms with Crippen LogP contribution in [-0.4, -0.2) is 24.6 Å². The minimum absolute atomic E-state index is 0.135. The van der Waals surface area contributed by atoms with E-state index in [1.165, 1.54) is 44.9 Å². The van der Waals surface area contributed by atoms with Crippen LogP contribution in [-0.2, 0) is 4.74 Å². The molecule has 1 atom stereocenters. The van der Waals surface area contributed by atoms with Crippen molar-refractivity contribution in [2.24, 2.45) is 10.2 Å². The summed E-state index contributed by atoms with van der Waals surface area (Å²) >= 11 is 0. The molecule has 0 aliphatic heterocycles. The van der Waals surface area contributed by atoms with Crippen LogP contribution in [0.25, 0.3) is 0 Å². The van der Waals surface area contributed by atoms with Crippen molar-refractivity contribution >= 4 is 23.3 Å². The summed E-state index contributed by atoms with van der Waals surface area (Å²) in [5, 5.41) is 8.54. The van der Waals surface area contributed by atoms with E-state index in [0.717, 1.165) is 38.0 Å². The SMILES string of the molecule is CCCCCCCCOc1ccc(N=Nc2ccc(C(=O)Oc3ccc(C(=O)O[C@H](C)CCCCCC)cc3)cc2)cc1. The summed E-state index contributed by atoms with van der Waals surface area (Å²) in [6.45, 7) is 7.03. The smallest absolute Gasteiger partial charge is 0.343 e. The molecule has 0 saturated heterocycles. The zero-order valence-corrected chi connectivity index (χ0v) is 25.9. The first-order valence-electron chi connectivity index (χ1n) is 15.8. The van der Waals surface area contributed by atoms with Gasteiger partial charge in [-0.25, -0.2) is 9.59 Å². The monoisotopic (exact) mass is 586 g/mol. The van der Waals surface area contributed by atoms with Crippen molar-refractivity contribution in [2.75, 3.05) is 6.61 Å². The van der Waals surface area contributed by atoms with Gasteiger partial charge in [0.15, 0.2) is 0 Å². The molecule has 3 rings (SSSR count). The van der Waals surface area contributed by atoms with Gasteiger partial charge >= 0.3 is 11.9 Å². The second-order valence-corrected chi connectivity index (χ2v) is 10.8. The predicted molar refractivity (Wildman–Crippen MR) is 171 cm³/mol. The average molecular weight is 587 g/mol. The summed E-state index contributed by atoms with van der Waals surface area (Å²) in [5.74, 6) is 0.291. The normalized spacial score (nSPS) is 11.8. The Bertz CT molecular complexity index is 1250. The van der Waals surface area contributed by atoms with Crippen molar-refractivity contribution in [1.82, 2.24) is 0 Å². The van der Waals surface area contributed by atoms with Gasteiger partial charge in [0, 0.05) is 0 Å². The Morgan fingerprint density at radius 3 is 1.72 bits per heavy atom. The number of unbranched alkanes of at least 4 members (excludes halogenated alkanes) is 8. The topological polar surface area (TPSA) is 86.5 Å². The minimum atomic E-state index is -0.504. The molecule has 0 heterocycles. The van der Waals surface area contributed by atoms with Crippen LogP contribution in [0.3, 0.4) is 0 Å². The van der Waals surface area contributed by atoms with Crippen molar-refractivity contribution in [1.29, 1.82) is 0 Å². The number of azo groups is 1. The van der Waals surface area contributed by atoms with Crippen LogP contribution in [0.15, 0.2) is 83.0 Å². The average Bonchev–Trinajstić information content (AvgIpc) is 3.03. The third-order valence-electron chi connectivity index (χ3n) is 7.06. The molecule has 0 fully saturated rings. The van der Waals surface area contributed by atoms with Gasteiger partial charge in [-0.2, -0.15) is 10.2 Å². The largest absolute Gasteiger partial charge is 0.494 e. The highest BCUT2D eigenvalue weighted by Crippen LogP contribution is 2.23. The molecule has 3 aromatic carbocycles. The quantitative estimate of drug-likeness (QED) is 0.0603. The number of esters is 2. The van der Waals surface area contributed by atoms with Crippen LogP contribution in [0.4, 0.5) is 11.4 Å². The number of carbonyl (C=O) groups excluding carboxylic acids is 2. The number of ether oxygens (including phenoxy) is 3. The number of hydrogen-bond donors (Lipinski definition) is 0.